The Kier molecular flexibility index (Phi) is 6.42. The number of halogens is 3. The highest BCUT2D eigenvalue weighted by molar-refractivity contribution is 6.09. The number of hydrogen-bond donors (Lipinski definition) is 2. The van der Waals surface area contributed by atoms with Gasteiger partial charge in [-0.05, 0) is 55.0 Å². The number of benzene rings is 1. The minimum absolute atomic E-state index is 0.108. The van der Waals surface area contributed by atoms with Gasteiger partial charge in [-0.15, -0.1) is 13.2 Å². The normalized spacial score (nSPS) is 18.9. The Hall–Kier alpha value is -3.23. The van der Waals surface area contributed by atoms with Crippen LogP contribution in [0, 0.1) is 5.92 Å². The zero-order valence-electron chi connectivity index (χ0n) is 17.0. The van der Waals surface area contributed by atoms with Gasteiger partial charge in [0.05, 0.1) is 12.8 Å². The average molecular weight is 437 g/mol. The maximum Gasteiger partial charge on any atom is 0.572 e. The number of amides is 1. The first kappa shape index (κ1) is 22.5. The van der Waals surface area contributed by atoms with Crippen molar-refractivity contribution in [2.75, 3.05) is 12.4 Å². The topological polar surface area (TPSA) is 84.9 Å². The van der Waals surface area contributed by atoms with Gasteiger partial charge in [-0.25, -0.2) is 4.79 Å². The van der Waals surface area contributed by atoms with E-state index in [9.17, 15) is 27.9 Å². The Balaban J connectivity index is 1.84. The maximum atomic E-state index is 12.7. The standard InChI is InChI=1S/C22H22F3NO5/c1-12-6-7-13(10-18(12)31-22(23,24)25)14-8-9-17(19(11-14)30-2)26-20(27)15-4-3-5-16(15)21(28)29/h7-12H,3-6H2,1-2H3,(H,26,27)(H,28,29). The summed E-state index contributed by atoms with van der Waals surface area (Å²) >= 11 is 0. The highest BCUT2D eigenvalue weighted by Crippen LogP contribution is 2.36. The summed E-state index contributed by atoms with van der Waals surface area (Å²) < 4.78 is 47.5. The molecule has 0 saturated heterocycles. The number of carbonyl (C=O) groups excluding carboxylic acids is 1. The van der Waals surface area contributed by atoms with Crippen molar-refractivity contribution in [1.29, 1.82) is 0 Å². The van der Waals surface area contributed by atoms with Gasteiger partial charge in [0.15, 0.2) is 0 Å². The van der Waals surface area contributed by atoms with Crippen LogP contribution in [0.4, 0.5) is 18.9 Å². The number of hydrogen-bond acceptors (Lipinski definition) is 4. The molecule has 1 aromatic carbocycles. The fraction of sp³-hybridized carbons (Fsp3) is 0.364. The highest BCUT2D eigenvalue weighted by Gasteiger charge is 2.34. The van der Waals surface area contributed by atoms with Crippen LogP contribution < -0.4 is 10.1 Å². The van der Waals surface area contributed by atoms with Gasteiger partial charge in [0.1, 0.15) is 11.5 Å². The molecule has 0 saturated carbocycles. The van der Waals surface area contributed by atoms with Gasteiger partial charge in [0.25, 0.3) is 5.91 Å². The molecule has 2 aliphatic carbocycles. The monoisotopic (exact) mass is 437 g/mol. The predicted octanol–water partition coefficient (Wildman–Crippen LogP) is 5.04. The molecule has 0 spiro atoms. The van der Waals surface area contributed by atoms with Crippen LogP contribution in [-0.2, 0) is 14.3 Å². The predicted molar refractivity (Wildman–Crippen MR) is 107 cm³/mol. The first-order valence-corrected chi connectivity index (χ1v) is 9.71. The van der Waals surface area contributed by atoms with E-state index in [1.807, 2.05) is 6.08 Å². The van der Waals surface area contributed by atoms with Gasteiger partial charge in [0.2, 0.25) is 0 Å². The lowest BCUT2D eigenvalue weighted by Crippen LogP contribution is -2.18. The van der Waals surface area contributed by atoms with Gasteiger partial charge >= 0.3 is 12.3 Å². The molecule has 0 aliphatic heterocycles. The summed E-state index contributed by atoms with van der Waals surface area (Å²) in [4.78, 5) is 23.9. The fourth-order valence-electron chi connectivity index (χ4n) is 3.64. The number of aliphatic carboxylic acids is 1. The van der Waals surface area contributed by atoms with Crippen molar-refractivity contribution in [3.05, 3.63) is 52.8 Å². The maximum absolute atomic E-state index is 12.7. The van der Waals surface area contributed by atoms with E-state index in [-0.39, 0.29) is 16.9 Å². The summed E-state index contributed by atoms with van der Waals surface area (Å²) in [5.74, 6) is -1.89. The SMILES string of the molecule is COc1cc(C2=CCC(C)C(OC(F)(F)F)=C2)ccc1NC(=O)C1=C(C(=O)O)CCC1. The van der Waals surface area contributed by atoms with E-state index in [4.69, 9.17) is 4.74 Å². The van der Waals surface area contributed by atoms with Crippen LogP contribution in [0.3, 0.4) is 0 Å². The minimum Gasteiger partial charge on any atom is -0.495 e. The molecule has 1 unspecified atom stereocenters. The number of anilines is 1. The number of rotatable bonds is 6. The van der Waals surface area contributed by atoms with Crippen LogP contribution in [0.15, 0.2) is 47.3 Å². The molecular weight excluding hydrogens is 415 g/mol. The van der Waals surface area contributed by atoms with Crippen molar-refractivity contribution in [1.82, 2.24) is 0 Å². The lowest BCUT2D eigenvalue weighted by molar-refractivity contribution is -0.308. The van der Waals surface area contributed by atoms with E-state index in [1.165, 1.54) is 13.2 Å². The van der Waals surface area contributed by atoms with Gasteiger partial charge in [-0.2, -0.15) is 0 Å². The quantitative estimate of drug-likeness (QED) is 0.651. The smallest absolute Gasteiger partial charge is 0.495 e. The lowest BCUT2D eigenvalue weighted by atomic mass is 9.92. The van der Waals surface area contributed by atoms with Gasteiger partial charge < -0.3 is 19.9 Å². The molecule has 2 aliphatic rings. The highest BCUT2D eigenvalue weighted by atomic mass is 19.4. The Bertz CT molecular complexity index is 991. The molecule has 31 heavy (non-hydrogen) atoms. The van der Waals surface area contributed by atoms with Crippen molar-refractivity contribution in [3.63, 3.8) is 0 Å². The number of nitrogens with one attached hydrogen (secondary N) is 1. The van der Waals surface area contributed by atoms with E-state index in [0.717, 1.165) is 0 Å². The summed E-state index contributed by atoms with van der Waals surface area (Å²) in [6.07, 6.45) is 0.0889. The Morgan fingerprint density at radius 1 is 1.19 bits per heavy atom. The second kappa shape index (κ2) is 8.87. The van der Waals surface area contributed by atoms with Gasteiger partial charge in [0, 0.05) is 17.1 Å². The summed E-state index contributed by atoms with van der Waals surface area (Å²) in [5, 5.41) is 11.9. The van der Waals surface area contributed by atoms with E-state index in [0.29, 0.717) is 48.3 Å². The molecule has 1 amide bonds. The number of ether oxygens (including phenoxy) is 2. The summed E-state index contributed by atoms with van der Waals surface area (Å²) in [7, 11) is 1.40. The number of carboxylic acid groups (broad SMARTS) is 1. The van der Waals surface area contributed by atoms with E-state index >= 15 is 0 Å². The Morgan fingerprint density at radius 2 is 1.90 bits per heavy atom. The fourth-order valence-corrected chi connectivity index (χ4v) is 3.64. The molecule has 0 aromatic heterocycles. The summed E-state index contributed by atoms with van der Waals surface area (Å²) in [6, 6.07) is 4.81. The zero-order valence-corrected chi connectivity index (χ0v) is 17.0. The van der Waals surface area contributed by atoms with Crippen molar-refractivity contribution in [2.45, 2.75) is 39.0 Å². The minimum atomic E-state index is -4.77. The van der Waals surface area contributed by atoms with E-state index in [1.54, 1.807) is 25.1 Å². The second-order valence-electron chi connectivity index (χ2n) is 7.38. The lowest BCUT2D eigenvalue weighted by Gasteiger charge is -2.22. The van der Waals surface area contributed by atoms with Crippen LogP contribution in [0.5, 0.6) is 5.75 Å². The molecule has 0 bridgehead atoms. The molecule has 0 radical (unpaired) electrons. The molecule has 3 rings (SSSR count). The Labute approximate surface area is 177 Å². The van der Waals surface area contributed by atoms with Crippen molar-refractivity contribution < 1.29 is 37.3 Å². The zero-order chi connectivity index (χ0) is 22.8. The number of methoxy groups -OCH3 is 1. The molecule has 2 N–H and O–H groups in total. The van der Waals surface area contributed by atoms with Crippen molar-refractivity contribution in [2.24, 2.45) is 5.92 Å². The third-order valence-electron chi connectivity index (χ3n) is 5.24. The van der Waals surface area contributed by atoms with Gasteiger partial charge in [-0.3, -0.25) is 4.79 Å². The van der Waals surface area contributed by atoms with Crippen molar-refractivity contribution in [3.8, 4) is 5.75 Å². The first-order chi connectivity index (χ1) is 14.6. The molecule has 0 fully saturated rings. The van der Waals surface area contributed by atoms with E-state index in [2.05, 4.69) is 10.1 Å². The second-order valence-corrected chi connectivity index (χ2v) is 7.38. The molecule has 0 heterocycles. The number of allylic oxidation sites excluding steroid dienone is 4. The summed E-state index contributed by atoms with van der Waals surface area (Å²) in [5.41, 5.74) is 1.81. The third kappa shape index (κ3) is 5.28. The van der Waals surface area contributed by atoms with Crippen LogP contribution in [0.25, 0.3) is 5.57 Å². The molecule has 1 aromatic rings. The molecule has 9 heteroatoms. The first-order valence-electron chi connectivity index (χ1n) is 9.71. The number of carbonyl (C=O) groups is 2. The van der Waals surface area contributed by atoms with Crippen LogP contribution in [0.1, 0.15) is 38.2 Å². The van der Waals surface area contributed by atoms with Crippen LogP contribution in [-0.4, -0.2) is 30.5 Å². The van der Waals surface area contributed by atoms with Crippen LogP contribution >= 0.6 is 0 Å². The molecular formula is C22H22F3NO5. The Morgan fingerprint density at radius 3 is 2.55 bits per heavy atom. The third-order valence-corrected chi connectivity index (χ3v) is 5.24. The van der Waals surface area contributed by atoms with Crippen LogP contribution in [0.2, 0.25) is 0 Å². The molecule has 166 valence electrons. The number of carboxylic acids is 1. The largest absolute Gasteiger partial charge is 0.572 e. The molecule has 1 atom stereocenters. The van der Waals surface area contributed by atoms with E-state index < -0.39 is 24.2 Å². The van der Waals surface area contributed by atoms with Crippen molar-refractivity contribution >= 4 is 23.1 Å². The number of alkyl halides is 3. The molecule has 6 nitrogen and oxygen atoms in total. The average Bonchev–Trinajstić information content (AvgIpc) is 3.19. The summed E-state index contributed by atoms with van der Waals surface area (Å²) in [6.45, 7) is 1.65. The van der Waals surface area contributed by atoms with Gasteiger partial charge in [-0.1, -0.05) is 19.1 Å².